The van der Waals surface area contributed by atoms with Gasteiger partial charge in [-0.25, -0.2) is 16.8 Å². The molecule has 1 saturated heterocycles. The summed E-state index contributed by atoms with van der Waals surface area (Å²) >= 11 is 0. The van der Waals surface area contributed by atoms with E-state index in [1.165, 1.54) is 17.0 Å². The zero-order chi connectivity index (χ0) is 26.3. The van der Waals surface area contributed by atoms with Crippen molar-refractivity contribution in [3.63, 3.8) is 0 Å². The second-order valence-corrected chi connectivity index (χ2v) is 12.8. The van der Waals surface area contributed by atoms with E-state index in [9.17, 15) is 26.7 Å². The first kappa shape index (κ1) is 27.8. The largest absolute Gasteiger partial charge is 0.394 e. The van der Waals surface area contributed by atoms with E-state index in [4.69, 9.17) is 11.1 Å². The molecular formula is C23H33N5O6S2. The Kier molecular flexibility index (Phi) is 9.28. The Bertz CT molecular complexity index is 1300. The Balaban J connectivity index is 1.64. The van der Waals surface area contributed by atoms with Gasteiger partial charge in [0.05, 0.1) is 23.0 Å². The summed E-state index contributed by atoms with van der Waals surface area (Å²) in [5.74, 6) is -1.12. The molecule has 13 heteroatoms. The SMILES string of the molecule is N=C(N)NCCCCS(=O)(=O)C[C@@H]1CCCN1C(=O)[C@H](CO)NS(=O)(=O)c1ccc2ccccc2c1. The van der Waals surface area contributed by atoms with Crippen LogP contribution in [-0.2, 0) is 24.7 Å². The maximum absolute atomic E-state index is 13.2. The van der Waals surface area contributed by atoms with E-state index < -0.39 is 44.5 Å². The lowest BCUT2D eigenvalue weighted by Crippen LogP contribution is -2.52. The fourth-order valence-electron chi connectivity index (χ4n) is 4.30. The van der Waals surface area contributed by atoms with Crippen LogP contribution in [0, 0.1) is 5.41 Å². The van der Waals surface area contributed by atoms with Gasteiger partial charge in [-0.1, -0.05) is 30.3 Å². The lowest BCUT2D eigenvalue weighted by atomic mass is 10.1. The molecule has 198 valence electrons. The first-order valence-electron chi connectivity index (χ1n) is 11.7. The molecule has 0 bridgehead atoms. The molecule has 1 amide bonds. The number of nitrogens with two attached hydrogens (primary N) is 1. The number of benzene rings is 2. The minimum Gasteiger partial charge on any atom is -0.394 e. The minimum atomic E-state index is -4.12. The van der Waals surface area contributed by atoms with Crippen LogP contribution in [0.3, 0.4) is 0 Å². The summed E-state index contributed by atoms with van der Waals surface area (Å²) in [6.45, 7) is -0.0745. The van der Waals surface area contributed by atoms with Gasteiger partial charge < -0.3 is 21.1 Å². The van der Waals surface area contributed by atoms with Crippen molar-refractivity contribution in [1.82, 2.24) is 14.9 Å². The van der Waals surface area contributed by atoms with Gasteiger partial charge >= 0.3 is 0 Å². The van der Waals surface area contributed by atoms with Gasteiger partial charge in [0.1, 0.15) is 6.04 Å². The molecule has 0 unspecified atom stereocenters. The number of rotatable bonds is 12. The van der Waals surface area contributed by atoms with Gasteiger partial charge in [0, 0.05) is 19.1 Å². The molecule has 2 atom stereocenters. The summed E-state index contributed by atoms with van der Waals surface area (Å²) in [4.78, 5) is 14.5. The molecule has 36 heavy (non-hydrogen) atoms. The normalized spacial score (nSPS) is 17.2. The van der Waals surface area contributed by atoms with E-state index in [1.54, 1.807) is 18.2 Å². The van der Waals surface area contributed by atoms with Gasteiger partial charge in [0.25, 0.3) is 0 Å². The number of amides is 1. The molecule has 2 aromatic rings. The second-order valence-electron chi connectivity index (χ2n) is 8.86. The van der Waals surface area contributed by atoms with E-state index in [2.05, 4.69) is 10.0 Å². The maximum atomic E-state index is 13.2. The molecule has 11 nitrogen and oxygen atoms in total. The van der Waals surface area contributed by atoms with Crippen LogP contribution in [0.25, 0.3) is 10.8 Å². The molecule has 1 fully saturated rings. The molecule has 6 N–H and O–H groups in total. The number of guanidine groups is 1. The fourth-order valence-corrected chi connectivity index (χ4v) is 7.26. The average Bonchev–Trinajstić information content (AvgIpc) is 3.28. The molecule has 1 aliphatic heterocycles. The predicted octanol–water partition coefficient (Wildman–Crippen LogP) is 0.148. The number of aliphatic hydroxyl groups is 1. The van der Waals surface area contributed by atoms with Gasteiger partial charge in [-0.2, -0.15) is 4.72 Å². The number of hydrogen-bond acceptors (Lipinski definition) is 7. The lowest BCUT2D eigenvalue weighted by molar-refractivity contribution is -0.134. The molecule has 1 aliphatic rings. The van der Waals surface area contributed by atoms with Crippen molar-refractivity contribution in [2.24, 2.45) is 5.73 Å². The molecule has 3 rings (SSSR count). The standard InChI is InChI=1S/C23H33N5O6S2/c24-23(25)26-11-3-4-13-35(31,32)16-19-8-5-12-28(19)22(30)21(15-29)27-36(33,34)20-10-9-17-6-1-2-7-18(17)14-20/h1-2,6-7,9-10,14,19,21,27,29H,3-5,8,11-13,15-16H2,(H4,24,25,26)/t19-,21-/m0/s1. The van der Waals surface area contributed by atoms with Crippen LogP contribution in [0.15, 0.2) is 47.4 Å². The molecule has 1 heterocycles. The summed E-state index contributed by atoms with van der Waals surface area (Å²) in [6.07, 6.45) is 1.97. The quantitative estimate of drug-likeness (QED) is 0.143. The van der Waals surface area contributed by atoms with Gasteiger partial charge in [-0.05, 0) is 48.6 Å². The summed E-state index contributed by atoms with van der Waals surface area (Å²) < 4.78 is 53.5. The van der Waals surface area contributed by atoms with Crippen molar-refractivity contribution in [3.8, 4) is 0 Å². The molecular weight excluding hydrogens is 506 g/mol. The highest BCUT2D eigenvalue weighted by Crippen LogP contribution is 2.22. The number of aliphatic hydroxyl groups excluding tert-OH is 1. The third kappa shape index (κ3) is 7.38. The summed E-state index contributed by atoms with van der Waals surface area (Å²) in [6, 6.07) is 9.83. The van der Waals surface area contributed by atoms with Crippen LogP contribution in [0.4, 0.5) is 0 Å². The zero-order valence-corrected chi connectivity index (χ0v) is 21.5. The van der Waals surface area contributed by atoms with Gasteiger partial charge in [-0.3, -0.25) is 10.2 Å². The van der Waals surface area contributed by atoms with E-state index in [0.717, 1.165) is 5.39 Å². The van der Waals surface area contributed by atoms with E-state index >= 15 is 0 Å². The number of hydrogen-bond donors (Lipinski definition) is 5. The van der Waals surface area contributed by atoms with Crippen molar-refractivity contribution in [1.29, 1.82) is 5.41 Å². The minimum absolute atomic E-state index is 0.0349. The number of carbonyl (C=O) groups is 1. The predicted molar refractivity (Wildman–Crippen MR) is 138 cm³/mol. The summed E-state index contributed by atoms with van der Waals surface area (Å²) in [7, 11) is -7.59. The third-order valence-corrected chi connectivity index (χ3v) is 9.39. The van der Waals surface area contributed by atoms with E-state index in [-0.39, 0.29) is 28.9 Å². The van der Waals surface area contributed by atoms with Crippen LogP contribution >= 0.6 is 0 Å². The van der Waals surface area contributed by atoms with Gasteiger partial charge in [0.2, 0.25) is 15.9 Å². The average molecular weight is 540 g/mol. The van der Waals surface area contributed by atoms with Crippen molar-refractivity contribution < 1.29 is 26.7 Å². The smallest absolute Gasteiger partial charge is 0.243 e. The molecule has 0 saturated carbocycles. The summed E-state index contributed by atoms with van der Waals surface area (Å²) in [5, 5.41) is 21.1. The highest BCUT2D eigenvalue weighted by atomic mass is 32.2. The number of unbranched alkanes of at least 4 members (excludes halogenated alkanes) is 1. The number of sulfone groups is 1. The van der Waals surface area contributed by atoms with Crippen molar-refractivity contribution in [2.45, 2.75) is 42.7 Å². The number of carbonyl (C=O) groups excluding carboxylic acids is 1. The van der Waals surface area contributed by atoms with Crippen LogP contribution in [0.1, 0.15) is 25.7 Å². The monoisotopic (exact) mass is 539 g/mol. The van der Waals surface area contributed by atoms with Crippen LogP contribution in [0.5, 0.6) is 0 Å². The van der Waals surface area contributed by atoms with Crippen molar-refractivity contribution in [2.75, 3.05) is 31.2 Å². The lowest BCUT2D eigenvalue weighted by Gasteiger charge is -2.28. The van der Waals surface area contributed by atoms with Crippen molar-refractivity contribution in [3.05, 3.63) is 42.5 Å². The third-order valence-electron chi connectivity index (χ3n) is 6.11. The first-order valence-corrected chi connectivity index (χ1v) is 15.0. The van der Waals surface area contributed by atoms with Gasteiger partial charge in [0.15, 0.2) is 15.8 Å². The summed E-state index contributed by atoms with van der Waals surface area (Å²) in [5.41, 5.74) is 5.20. The Labute approximate surface area is 211 Å². The Morgan fingerprint density at radius 3 is 2.56 bits per heavy atom. The fraction of sp³-hybridized carbons (Fsp3) is 0.478. The highest BCUT2D eigenvalue weighted by molar-refractivity contribution is 7.91. The molecule has 0 radical (unpaired) electrons. The number of nitrogens with one attached hydrogen (secondary N) is 3. The first-order chi connectivity index (χ1) is 17.0. The Morgan fingerprint density at radius 2 is 1.86 bits per heavy atom. The maximum Gasteiger partial charge on any atom is 0.243 e. The number of sulfonamides is 1. The number of likely N-dealkylation sites (tertiary alicyclic amines) is 1. The highest BCUT2D eigenvalue weighted by Gasteiger charge is 2.37. The molecule has 0 aliphatic carbocycles. The number of fused-ring (bicyclic) bond motifs is 1. The Morgan fingerprint density at radius 1 is 1.14 bits per heavy atom. The molecule has 0 aromatic heterocycles. The van der Waals surface area contributed by atoms with E-state index in [0.29, 0.717) is 37.6 Å². The van der Waals surface area contributed by atoms with Crippen molar-refractivity contribution >= 4 is 42.5 Å². The van der Waals surface area contributed by atoms with Crippen LogP contribution in [-0.4, -0.2) is 82.0 Å². The Hall–Kier alpha value is -2.74. The zero-order valence-electron chi connectivity index (χ0n) is 19.9. The topological polar surface area (TPSA) is 183 Å². The van der Waals surface area contributed by atoms with Gasteiger partial charge in [-0.15, -0.1) is 0 Å². The number of nitrogens with zero attached hydrogens (tertiary/aromatic N) is 1. The molecule has 2 aromatic carbocycles. The molecule has 0 spiro atoms. The van der Waals surface area contributed by atoms with Crippen LogP contribution < -0.4 is 15.8 Å². The van der Waals surface area contributed by atoms with Crippen LogP contribution in [0.2, 0.25) is 0 Å². The second kappa shape index (κ2) is 12.0. The van der Waals surface area contributed by atoms with E-state index in [1.807, 2.05) is 12.1 Å².